The van der Waals surface area contributed by atoms with Crippen molar-refractivity contribution in [2.45, 2.75) is 43.7 Å². The predicted molar refractivity (Wildman–Crippen MR) is 97.7 cm³/mol. The van der Waals surface area contributed by atoms with Crippen LogP contribution in [0.4, 0.5) is 0 Å². The minimum absolute atomic E-state index is 0.0684. The third-order valence-corrected chi connectivity index (χ3v) is 5.47. The van der Waals surface area contributed by atoms with Crippen LogP contribution in [0.15, 0.2) is 29.2 Å². The summed E-state index contributed by atoms with van der Waals surface area (Å²) < 4.78 is 26.3. The van der Waals surface area contributed by atoms with Crippen LogP contribution in [0.3, 0.4) is 0 Å². The molecule has 1 aliphatic heterocycles. The van der Waals surface area contributed by atoms with Gasteiger partial charge in [-0.05, 0) is 37.1 Å². The fourth-order valence-corrected chi connectivity index (χ4v) is 3.88. The van der Waals surface area contributed by atoms with Crippen molar-refractivity contribution >= 4 is 15.9 Å². The van der Waals surface area contributed by atoms with Gasteiger partial charge in [0.15, 0.2) is 0 Å². The molecular weight excluding hydrogens is 338 g/mol. The molecule has 25 heavy (non-hydrogen) atoms. The van der Waals surface area contributed by atoms with Crippen LogP contribution in [-0.2, 0) is 10.0 Å². The number of benzene rings is 1. The van der Waals surface area contributed by atoms with Crippen LogP contribution in [0.1, 0.15) is 37.0 Å². The van der Waals surface area contributed by atoms with Gasteiger partial charge in [0.2, 0.25) is 10.0 Å². The van der Waals surface area contributed by atoms with Crippen molar-refractivity contribution in [2.75, 3.05) is 19.6 Å². The number of rotatable bonds is 6. The number of nitrogens with zero attached hydrogens (tertiary/aromatic N) is 1. The molecule has 1 saturated heterocycles. The van der Waals surface area contributed by atoms with Crippen molar-refractivity contribution in [1.29, 1.82) is 0 Å². The Bertz CT molecular complexity index is 736. The van der Waals surface area contributed by atoms with E-state index in [1.807, 2.05) is 4.90 Å². The van der Waals surface area contributed by atoms with Gasteiger partial charge in [0.1, 0.15) is 0 Å². The average Bonchev–Trinajstić information content (AvgIpc) is 2.59. The fourth-order valence-electron chi connectivity index (χ4n) is 2.95. The van der Waals surface area contributed by atoms with E-state index < -0.39 is 10.0 Å². The lowest BCUT2D eigenvalue weighted by molar-refractivity contribution is 0.0691. The molecule has 1 heterocycles. The molecule has 0 aromatic heterocycles. The van der Waals surface area contributed by atoms with Crippen molar-refractivity contribution in [2.24, 2.45) is 0 Å². The maximum Gasteiger partial charge on any atom is 0.253 e. The Labute approximate surface area is 150 Å². The molecule has 2 rings (SSSR count). The van der Waals surface area contributed by atoms with Gasteiger partial charge in [-0.3, -0.25) is 4.79 Å². The summed E-state index contributed by atoms with van der Waals surface area (Å²) in [6.07, 6.45) is 7.08. The molecule has 1 aromatic carbocycles. The summed E-state index contributed by atoms with van der Waals surface area (Å²) in [6.45, 7) is 5.50. The van der Waals surface area contributed by atoms with Gasteiger partial charge in [0.25, 0.3) is 5.91 Å². The molecule has 136 valence electrons. The van der Waals surface area contributed by atoms with Crippen LogP contribution in [0.2, 0.25) is 0 Å². The highest BCUT2D eigenvalue weighted by Gasteiger charge is 2.25. The van der Waals surface area contributed by atoms with Crippen molar-refractivity contribution in [3.63, 3.8) is 0 Å². The zero-order chi connectivity index (χ0) is 18.4. The fraction of sp³-hybridized carbons (Fsp3) is 0.500. The second-order valence-electron chi connectivity index (χ2n) is 6.46. The van der Waals surface area contributed by atoms with Gasteiger partial charge in [-0.2, -0.15) is 4.72 Å². The first-order chi connectivity index (χ1) is 11.8. The van der Waals surface area contributed by atoms with Gasteiger partial charge in [0.05, 0.1) is 11.4 Å². The molecule has 1 aromatic rings. The van der Waals surface area contributed by atoms with Crippen LogP contribution in [-0.4, -0.2) is 50.9 Å². The SMILES string of the molecule is C#CCNS(=O)(=O)c1ccc(C(=O)N2CCC[C@@H](NC(C)C)C2)cc1. The number of amides is 1. The van der Waals surface area contributed by atoms with Gasteiger partial charge < -0.3 is 10.2 Å². The summed E-state index contributed by atoms with van der Waals surface area (Å²) in [7, 11) is -3.64. The number of carbonyl (C=O) groups is 1. The van der Waals surface area contributed by atoms with E-state index in [0.29, 0.717) is 24.2 Å². The van der Waals surface area contributed by atoms with Gasteiger partial charge in [-0.1, -0.05) is 19.8 Å². The molecular formula is C18H25N3O3S. The normalized spacial score (nSPS) is 18.2. The zero-order valence-electron chi connectivity index (χ0n) is 14.7. The molecule has 1 aliphatic rings. The third kappa shape index (κ3) is 5.30. The number of sulfonamides is 1. The first-order valence-corrected chi connectivity index (χ1v) is 9.90. The van der Waals surface area contributed by atoms with Crippen LogP contribution in [0.5, 0.6) is 0 Å². The average molecular weight is 363 g/mol. The monoisotopic (exact) mass is 363 g/mol. The van der Waals surface area contributed by atoms with Crippen LogP contribution < -0.4 is 10.0 Å². The summed E-state index contributed by atoms with van der Waals surface area (Å²) in [6, 6.07) is 6.63. The number of hydrogen-bond acceptors (Lipinski definition) is 4. The summed E-state index contributed by atoms with van der Waals surface area (Å²) in [5.74, 6) is 2.15. The van der Waals surface area contributed by atoms with E-state index in [1.54, 1.807) is 12.1 Å². The molecule has 0 bridgehead atoms. The highest BCUT2D eigenvalue weighted by atomic mass is 32.2. The van der Waals surface area contributed by atoms with Crippen LogP contribution >= 0.6 is 0 Å². The Hall–Kier alpha value is -1.88. The van der Waals surface area contributed by atoms with E-state index in [2.05, 4.69) is 29.8 Å². The van der Waals surface area contributed by atoms with Crippen LogP contribution in [0, 0.1) is 12.3 Å². The smallest absolute Gasteiger partial charge is 0.253 e. The number of terminal acetylenes is 1. The second-order valence-corrected chi connectivity index (χ2v) is 8.23. The highest BCUT2D eigenvalue weighted by Crippen LogP contribution is 2.16. The number of nitrogens with one attached hydrogen (secondary N) is 2. The molecule has 0 spiro atoms. The van der Waals surface area contributed by atoms with Crippen molar-refractivity contribution < 1.29 is 13.2 Å². The van der Waals surface area contributed by atoms with Gasteiger partial charge in [0, 0.05) is 30.7 Å². The minimum atomic E-state index is -3.64. The summed E-state index contributed by atoms with van der Waals surface area (Å²) in [5.41, 5.74) is 0.487. The molecule has 1 atom stereocenters. The summed E-state index contributed by atoms with van der Waals surface area (Å²) >= 11 is 0. The highest BCUT2D eigenvalue weighted by molar-refractivity contribution is 7.89. The van der Waals surface area contributed by atoms with Gasteiger partial charge >= 0.3 is 0 Å². The molecule has 1 fully saturated rings. The van der Waals surface area contributed by atoms with E-state index in [1.165, 1.54) is 12.1 Å². The lowest BCUT2D eigenvalue weighted by Crippen LogP contribution is -2.49. The summed E-state index contributed by atoms with van der Waals surface area (Å²) in [4.78, 5) is 14.6. The maximum absolute atomic E-state index is 12.7. The van der Waals surface area contributed by atoms with Crippen molar-refractivity contribution in [3.8, 4) is 12.3 Å². The molecule has 0 saturated carbocycles. The van der Waals surface area contributed by atoms with E-state index in [0.717, 1.165) is 19.4 Å². The van der Waals surface area contributed by atoms with Crippen molar-refractivity contribution in [3.05, 3.63) is 29.8 Å². The minimum Gasteiger partial charge on any atom is -0.337 e. The third-order valence-electron chi connectivity index (χ3n) is 4.05. The second kappa shape index (κ2) is 8.48. The number of carbonyl (C=O) groups excluding carboxylic acids is 1. The van der Waals surface area contributed by atoms with Gasteiger partial charge in [-0.15, -0.1) is 6.42 Å². The first kappa shape index (κ1) is 19.4. The van der Waals surface area contributed by atoms with Crippen molar-refractivity contribution in [1.82, 2.24) is 14.9 Å². The summed E-state index contributed by atoms with van der Waals surface area (Å²) in [5, 5.41) is 3.47. The molecule has 0 unspecified atom stereocenters. The Morgan fingerprint density at radius 3 is 2.64 bits per heavy atom. The van der Waals surface area contributed by atoms with Crippen LogP contribution in [0.25, 0.3) is 0 Å². The standard InChI is InChI=1S/C18H25N3O3S/c1-4-11-19-25(23,24)17-9-7-15(8-10-17)18(22)21-12-5-6-16(13-21)20-14(2)3/h1,7-10,14,16,19-20H,5-6,11-13H2,2-3H3/t16-/m1/s1. The first-order valence-electron chi connectivity index (χ1n) is 8.42. The molecule has 0 radical (unpaired) electrons. The Morgan fingerprint density at radius 2 is 2.04 bits per heavy atom. The quantitative estimate of drug-likeness (QED) is 0.745. The lowest BCUT2D eigenvalue weighted by Gasteiger charge is -2.34. The Kier molecular flexibility index (Phi) is 6.59. The number of piperidine rings is 1. The molecule has 2 N–H and O–H groups in total. The molecule has 1 amide bonds. The lowest BCUT2D eigenvalue weighted by atomic mass is 10.0. The Morgan fingerprint density at radius 1 is 1.36 bits per heavy atom. The topological polar surface area (TPSA) is 78.5 Å². The largest absolute Gasteiger partial charge is 0.337 e. The molecule has 0 aliphatic carbocycles. The Balaban J connectivity index is 2.06. The van der Waals surface area contributed by atoms with E-state index in [-0.39, 0.29) is 17.3 Å². The molecule has 7 heteroatoms. The molecule has 6 nitrogen and oxygen atoms in total. The number of likely N-dealkylation sites (tertiary alicyclic amines) is 1. The van der Waals surface area contributed by atoms with Gasteiger partial charge in [-0.25, -0.2) is 8.42 Å². The van der Waals surface area contributed by atoms with E-state index >= 15 is 0 Å². The predicted octanol–water partition coefficient (Wildman–Crippen LogP) is 1.20. The van der Waals surface area contributed by atoms with E-state index in [4.69, 9.17) is 6.42 Å². The maximum atomic E-state index is 12.7. The van der Waals surface area contributed by atoms with E-state index in [9.17, 15) is 13.2 Å². The zero-order valence-corrected chi connectivity index (χ0v) is 15.5. The number of hydrogen-bond donors (Lipinski definition) is 2.